The molecule has 1 aromatic heterocycles. The van der Waals surface area contributed by atoms with Gasteiger partial charge in [0.1, 0.15) is 0 Å². The molecule has 7 heteroatoms. The van der Waals surface area contributed by atoms with Crippen LogP contribution in [0.5, 0.6) is 17.2 Å². The molecule has 29 heavy (non-hydrogen) atoms. The summed E-state index contributed by atoms with van der Waals surface area (Å²) in [6.45, 7) is 8.63. The first kappa shape index (κ1) is 21.4. The first-order valence-corrected chi connectivity index (χ1v) is 11.1. The second kappa shape index (κ2) is 8.61. The van der Waals surface area contributed by atoms with E-state index < -0.39 is 5.75 Å². The molecule has 0 bridgehead atoms. The Labute approximate surface area is 175 Å². The van der Waals surface area contributed by atoms with Gasteiger partial charge in [0, 0.05) is 15.9 Å². The number of aromatic hydroxyl groups is 3. The van der Waals surface area contributed by atoms with Gasteiger partial charge in [-0.15, -0.1) is 0 Å². The lowest BCUT2D eigenvalue weighted by Gasteiger charge is -2.21. The van der Waals surface area contributed by atoms with Gasteiger partial charge in [-0.25, -0.2) is 4.68 Å². The van der Waals surface area contributed by atoms with Gasteiger partial charge in [0.15, 0.2) is 11.5 Å². The van der Waals surface area contributed by atoms with Crippen molar-refractivity contribution in [1.29, 1.82) is 0 Å². The Balaban J connectivity index is 2.13. The van der Waals surface area contributed by atoms with Gasteiger partial charge < -0.3 is 15.3 Å². The second-order valence-electron chi connectivity index (χ2n) is 8.61. The zero-order valence-electron chi connectivity index (χ0n) is 17.6. The van der Waals surface area contributed by atoms with Crippen LogP contribution in [-0.2, 0) is 11.8 Å². The fourth-order valence-electron chi connectivity index (χ4n) is 3.75. The maximum atomic E-state index is 10.1. The zero-order chi connectivity index (χ0) is 21.2. The summed E-state index contributed by atoms with van der Waals surface area (Å²) < 4.78 is 1.89. The molecule has 1 saturated carbocycles. The van der Waals surface area contributed by atoms with Crippen molar-refractivity contribution in [1.82, 2.24) is 4.68 Å². The summed E-state index contributed by atoms with van der Waals surface area (Å²) in [4.78, 5) is 7.17. The number of phenolic OH excluding ortho intramolecular Hbond substituents is 3. The van der Waals surface area contributed by atoms with Crippen LogP contribution in [0.4, 0.5) is 0 Å². The van der Waals surface area contributed by atoms with E-state index >= 15 is 0 Å². The normalized spacial score (nSPS) is 16.8. The molecule has 0 atom stereocenters. The number of phenols is 3. The van der Waals surface area contributed by atoms with Gasteiger partial charge in [0.05, 0.1) is 18.0 Å². The lowest BCUT2D eigenvalue weighted by Crippen LogP contribution is -2.24. The van der Waals surface area contributed by atoms with E-state index in [-0.39, 0.29) is 16.9 Å². The van der Waals surface area contributed by atoms with Crippen molar-refractivity contribution in [3.05, 3.63) is 33.1 Å². The molecule has 1 aliphatic carbocycles. The molecule has 3 N–H and O–H groups in total. The predicted octanol–water partition coefficient (Wildman–Crippen LogP) is 4.64. The quantitative estimate of drug-likeness (QED) is 0.500. The number of aromatic nitrogens is 1. The molecule has 0 radical (unpaired) electrons. The molecule has 1 fully saturated rings. The molecule has 2 aromatic rings. The van der Waals surface area contributed by atoms with E-state index in [0.29, 0.717) is 11.6 Å². The van der Waals surface area contributed by atoms with E-state index in [9.17, 15) is 15.3 Å². The average Bonchev–Trinajstić information content (AvgIpc) is 3.04. The summed E-state index contributed by atoms with van der Waals surface area (Å²) in [5, 5.41) is 34.1. The maximum absolute atomic E-state index is 10.1. The highest BCUT2D eigenvalue weighted by molar-refractivity contribution is 7.09. The third-order valence-corrected chi connectivity index (χ3v) is 6.43. The minimum absolute atomic E-state index is 0.126. The zero-order valence-corrected chi connectivity index (χ0v) is 18.5. The van der Waals surface area contributed by atoms with Gasteiger partial charge >= 0.3 is 0 Å². The van der Waals surface area contributed by atoms with E-state index in [4.69, 9.17) is 4.99 Å². The SMILES string of the molecule is CCc1sc(=NC2CCCCC2)n(N=Cc2ccc(O)c(O)c2O)c1C(C)(C)C. The minimum Gasteiger partial charge on any atom is -0.504 e. The number of hydrogen-bond donors (Lipinski definition) is 3. The summed E-state index contributed by atoms with van der Waals surface area (Å²) in [7, 11) is 0. The van der Waals surface area contributed by atoms with Crippen LogP contribution in [0.2, 0.25) is 0 Å². The minimum atomic E-state index is -0.540. The highest BCUT2D eigenvalue weighted by Crippen LogP contribution is 2.36. The third kappa shape index (κ3) is 4.66. The Bertz CT molecular complexity index is 961. The lowest BCUT2D eigenvalue weighted by atomic mass is 9.91. The van der Waals surface area contributed by atoms with Crippen LogP contribution in [0.15, 0.2) is 22.2 Å². The lowest BCUT2D eigenvalue weighted by molar-refractivity contribution is 0.367. The molecule has 1 aliphatic rings. The molecular weight excluding hydrogens is 386 g/mol. The Kier molecular flexibility index (Phi) is 6.36. The van der Waals surface area contributed by atoms with E-state index in [1.54, 1.807) is 11.3 Å². The third-order valence-electron chi connectivity index (χ3n) is 5.24. The van der Waals surface area contributed by atoms with Crippen LogP contribution in [0.25, 0.3) is 0 Å². The molecule has 0 unspecified atom stereocenters. The topological polar surface area (TPSA) is 90.3 Å². The number of benzene rings is 1. The van der Waals surface area contributed by atoms with Crippen molar-refractivity contribution in [2.45, 2.75) is 77.7 Å². The molecule has 0 saturated heterocycles. The number of thiazole rings is 1. The fraction of sp³-hybridized carbons (Fsp3) is 0.545. The summed E-state index contributed by atoms with van der Waals surface area (Å²) in [6.07, 6.45) is 8.35. The first-order chi connectivity index (χ1) is 13.7. The molecule has 0 aliphatic heterocycles. The van der Waals surface area contributed by atoms with Crippen molar-refractivity contribution in [2.75, 3.05) is 0 Å². The van der Waals surface area contributed by atoms with Gasteiger partial charge in [-0.05, 0) is 31.4 Å². The molecule has 1 heterocycles. The van der Waals surface area contributed by atoms with Crippen LogP contribution < -0.4 is 4.80 Å². The van der Waals surface area contributed by atoms with Crippen LogP contribution in [0.3, 0.4) is 0 Å². The van der Waals surface area contributed by atoms with Crippen molar-refractivity contribution in [3.63, 3.8) is 0 Å². The largest absolute Gasteiger partial charge is 0.504 e. The molecular formula is C22H31N3O3S. The van der Waals surface area contributed by atoms with Gasteiger partial charge in [0.25, 0.3) is 0 Å². The van der Waals surface area contributed by atoms with Gasteiger partial charge in [-0.1, -0.05) is 58.3 Å². The van der Waals surface area contributed by atoms with E-state index in [2.05, 4.69) is 32.8 Å². The highest BCUT2D eigenvalue weighted by Gasteiger charge is 2.25. The molecule has 0 spiro atoms. The highest BCUT2D eigenvalue weighted by atomic mass is 32.1. The number of rotatable bonds is 4. The van der Waals surface area contributed by atoms with Crippen LogP contribution in [0.1, 0.15) is 75.9 Å². The van der Waals surface area contributed by atoms with Crippen molar-refractivity contribution < 1.29 is 15.3 Å². The number of hydrogen-bond acceptors (Lipinski definition) is 6. The fourth-order valence-corrected chi connectivity index (χ4v) is 5.04. The summed E-state index contributed by atoms with van der Waals surface area (Å²) in [6, 6.07) is 3.19. The standard InChI is InChI=1S/C22H31N3O3S/c1-5-17-20(22(2,3)4)25(21(29-17)24-15-9-7-6-8-10-15)23-13-14-11-12-16(26)19(28)18(14)27/h11-13,15,26-28H,5-10H2,1-4H3. The predicted molar refractivity (Wildman–Crippen MR) is 117 cm³/mol. The van der Waals surface area contributed by atoms with Crippen molar-refractivity contribution in [2.24, 2.45) is 10.1 Å². The Hall–Kier alpha value is -2.28. The van der Waals surface area contributed by atoms with Crippen molar-refractivity contribution >= 4 is 17.6 Å². The van der Waals surface area contributed by atoms with Crippen molar-refractivity contribution in [3.8, 4) is 17.2 Å². The second-order valence-corrected chi connectivity index (χ2v) is 9.67. The van der Waals surface area contributed by atoms with Gasteiger partial charge in [-0.2, -0.15) is 5.10 Å². The van der Waals surface area contributed by atoms with Gasteiger partial charge in [0.2, 0.25) is 10.6 Å². The summed E-state index contributed by atoms with van der Waals surface area (Å²) in [5.74, 6) is -1.29. The Morgan fingerprint density at radius 2 is 1.79 bits per heavy atom. The van der Waals surface area contributed by atoms with E-state index in [1.807, 2.05) is 4.68 Å². The molecule has 158 valence electrons. The van der Waals surface area contributed by atoms with Crippen LogP contribution in [-0.4, -0.2) is 32.3 Å². The number of aryl methyl sites for hydroxylation is 1. The van der Waals surface area contributed by atoms with Crippen LogP contribution in [0, 0.1) is 0 Å². The summed E-state index contributed by atoms with van der Waals surface area (Å²) >= 11 is 1.68. The van der Waals surface area contributed by atoms with Gasteiger partial charge in [-0.3, -0.25) is 4.99 Å². The van der Waals surface area contributed by atoms with Crippen LogP contribution >= 0.6 is 11.3 Å². The average molecular weight is 418 g/mol. The number of nitrogens with zero attached hydrogens (tertiary/aromatic N) is 3. The molecule has 3 rings (SSSR count). The molecule has 1 aromatic carbocycles. The summed E-state index contributed by atoms with van der Waals surface area (Å²) in [5.41, 5.74) is 1.32. The first-order valence-electron chi connectivity index (χ1n) is 10.3. The monoisotopic (exact) mass is 417 g/mol. The Morgan fingerprint density at radius 1 is 1.10 bits per heavy atom. The smallest absolute Gasteiger partial charge is 0.206 e. The van der Waals surface area contributed by atoms with E-state index in [1.165, 1.54) is 42.5 Å². The molecule has 6 nitrogen and oxygen atoms in total. The molecule has 0 amide bonds. The maximum Gasteiger partial charge on any atom is 0.206 e. The van der Waals surface area contributed by atoms with E-state index in [0.717, 1.165) is 29.8 Å². The Morgan fingerprint density at radius 3 is 2.41 bits per heavy atom.